The van der Waals surface area contributed by atoms with Crippen molar-refractivity contribution < 1.29 is 19.4 Å². The minimum atomic E-state index is -0.967. The molecule has 0 bridgehead atoms. The molecule has 1 atom stereocenters. The molecule has 2 aliphatic rings. The zero-order chi connectivity index (χ0) is 17.4. The first-order valence-corrected chi connectivity index (χ1v) is 8.51. The van der Waals surface area contributed by atoms with Crippen molar-refractivity contribution in [1.29, 1.82) is 0 Å². The van der Waals surface area contributed by atoms with Crippen molar-refractivity contribution >= 4 is 12.1 Å². The molecule has 5 nitrogen and oxygen atoms in total. The van der Waals surface area contributed by atoms with Crippen LogP contribution in [0.2, 0.25) is 0 Å². The first-order valence-electron chi connectivity index (χ1n) is 8.51. The lowest BCUT2D eigenvalue weighted by atomic mass is 9.98. The number of aliphatic carboxylic acids is 1. The SMILES string of the molecule is O=C(OCC1c2ccccc2-c2ccccc21)[15N]1[13CH2][13CH2][13CH2][13C@H]1[13C](=O)O. The summed E-state index contributed by atoms with van der Waals surface area (Å²) in [5.74, 6) is -0.978. The van der Waals surface area contributed by atoms with Gasteiger partial charge in [-0.2, -0.15) is 0 Å². The van der Waals surface area contributed by atoms with E-state index in [9.17, 15) is 14.7 Å². The third-order valence-electron chi connectivity index (χ3n) is 5.11. The van der Waals surface area contributed by atoms with Crippen molar-refractivity contribution in [1.82, 2.24) is 4.90 Å². The molecule has 0 saturated carbocycles. The van der Waals surface area contributed by atoms with Crippen molar-refractivity contribution in [2.45, 2.75) is 24.8 Å². The van der Waals surface area contributed by atoms with Crippen LogP contribution in [0.1, 0.15) is 29.9 Å². The number of carboxylic acids is 1. The largest absolute Gasteiger partial charge is 0.480 e. The highest BCUT2D eigenvalue weighted by atomic mass is 16.6. The molecule has 2 aromatic rings. The first kappa shape index (κ1) is 15.7. The predicted molar refractivity (Wildman–Crippen MR) is 92.4 cm³/mol. The standard InChI is InChI=1S/C20H19NO4/c22-19(23)18-10-5-11-21(18)20(24)25-12-17-15-8-3-1-6-13(15)14-7-2-4-9-16(14)17/h1-4,6-9,17-18H,5,10-12H2,(H,22,23)/t18-/m0/s1/i5+1,10+1,11+1,18+1,19+1,21+1. The number of hydrogen-bond donors (Lipinski definition) is 1. The van der Waals surface area contributed by atoms with E-state index in [4.69, 9.17) is 4.74 Å². The number of carboxylic acid groups (broad SMARTS) is 1. The molecule has 1 aliphatic carbocycles. The number of benzene rings is 2. The Morgan fingerprint density at radius 2 is 1.64 bits per heavy atom. The summed E-state index contributed by atoms with van der Waals surface area (Å²) in [5.41, 5.74) is 4.63. The molecule has 1 amide bonds. The Hall–Kier alpha value is -2.82. The first-order chi connectivity index (χ1) is 12.2. The van der Waals surface area contributed by atoms with Crippen molar-refractivity contribution in [2.75, 3.05) is 13.2 Å². The lowest BCUT2D eigenvalue weighted by Crippen LogP contribution is -2.41. The van der Waals surface area contributed by atoms with E-state index >= 15 is 0 Å². The molecular weight excluding hydrogens is 324 g/mol. The van der Waals surface area contributed by atoms with Crippen LogP contribution in [-0.4, -0.2) is 41.3 Å². The van der Waals surface area contributed by atoms with Gasteiger partial charge in [-0.05, 0) is 35.1 Å². The van der Waals surface area contributed by atoms with Crippen LogP contribution in [0.25, 0.3) is 11.1 Å². The number of carbonyl (C=O) groups is 2. The van der Waals surface area contributed by atoms with E-state index < -0.39 is 18.1 Å². The highest BCUT2D eigenvalue weighted by molar-refractivity contribution is 5.81. The van der Waals surface area contributed by atoms with Crippen molar-refractivity contribution in [3.05, 3.63) is 59.7 Å². The summed E-state index contributed by atoms with van der Waals surface area (Å²) in [6, 6.07) is 15.5. The van der Waals surface area contributed by atoms with Gasteiger partial charge in [-0.25, -0.2) is 9.59 Å². The highest BCUT2D eigenvalue weighted by Gasteiger charge is 2.36. The van der Waals surface area contributed by atoms with Crippen LogP contribution >= 0.6 is 0 Å². The van der Waals surface area contributed by atoms with Crippen LogP contribution in [0.5, 0.6) is 0 Å². The van der Waals surface area contributed by atoms with E-state index in [1.165, 1.54) is 16.0 Å². The summed E-state index contributed by atoms with van der Waals surface area (Å²) < 4.78 is 5.53. The Kier molecular flexibility index (Phi) is 3.92. The van der Waals surface area contributed by atoms with Crippen molar-refractivity contribution in [2.24, 2.45) is 0 Å². The van der Waals surface area contributed by atoms with Gasteiger partial charge in [0.15, 0.2) is 0 Å². The Morgan fingerprint density at radius 1 is 1.04 bits per heavy atom. The van der Waals surface area contributed by atoms with Crippen LogP contribution in [0.3, 0.4) is 0 Å². The number of likely N-dealkylation sites (tertiary alicyclic amines) is 1. The third-order valence-corrected chi connectivity index (χ3v) is 5.11. The maximum Gasteiger partial charge on any atom is 0.410 e. The van der Waals surface area contributed by atoms with Gasteiger partial charge in [0.2, 0.25) is 0 Å². The van der Waals surface area contributed by atoms with E-state index in [-0.39, 0.29) is 12.5 Å². The number of fused-ring (bicyclic) bond motifs is 3. The number of amides is 1. The van der Waals surface area contributed by atoms with Gasteiger partial charge in [-0.15, -0.1) is 0 Å². The summed E-state index contributed by atoms with van der Waals surface area (Å²) in [7, 11) is 0. The van der Waals surface area contributed by atoms with Crippen LogP contribution in [0.4, 0.5) is 4.79 Å². The molecule has 0 aromatic heterocycles. The molecule has 1 fully saturated rings. The van der Waals surface area contributed by atoms with Gasteiger partial charge in [-0.3, -0.25) is 4.90 Å². The summed E-state index contributed by atoms with van der Waals surface area (Å²) >= 11 is 0. The maximum absolute atomic E-state index is 12.4. The minimum Gasteiger partial charge on any atom is -0.480 e. The monoisotopic (exact) mass is 343 g/mol. The van der Waals surface area contributed by atoms with Crippen molar-refractivity contribution in [3.8, 4) is 11.1 Å². The summed E-state index contributed by atoms with van der Waals surface area (Å²) in [5, 5.41) is 9.22. The molecule has 1 saturated heterocycles. The van der Waals surface area contributed by atoms with Gasteiger partial charge in [-0.1, -0.05) is 48.5 Å². The predicted octanol–water partition coefficient (Wildman–Crippen LogP) is 3.48. The second-order valence-corrected chi connectivity index (χ2v) is 6.49. The molecule has 0 unspecified atom stereocenters. The molecule has 2 aromatic carbocycles. The van der Waals surface area contributed by atoms with Gasteiger partial charge in [0.25, 0.3) is 0 Å². The Balaban J connectivity index is 1.53. The van der Waals surface area contributed by atoms with Gasteiger partial charge >= 0.3 is 12.1 Å². The normalized spacial score (nSPS) is 18.7. The number of rotatable bonds is 3. The second kappa shape index (κ2) is 6.24. The Morgan fingerprint density at radius 3 is 2.24 bits per heavy atom. The molecule has 0 radical (unpaired) electrons. The van der Waals surface area contributed by atoms with E-state index in [2.05, 4.69) is 24.3 Å². The number of ether oxygens (including phenoxy) is 1. The molecule has 128 valence electrons. The second-order valence-electron chi connectivity index (χ2n) is 6.49. The lowest BCUT2D eigenvalue weighted by molar-refractivity contribution is -0.141. The highest BCUT2D eigenvalue weighted by Crippen LogP contribution is 2.44. The van der Waals surface area contributed by atoms with E-state index in [0.29, 0.717) is 19.4 Å². The molecule has 1 aliphatic heterocycles. The molecule has 1 heterocycles. The minimum absolute atomic E-state index is 0.0118. The lowest BCUT2D eigenvalue weighted by Gasteiger charge is -2.22. The van der Waals surface area contributed by atoms with Crippen LogP contribution in [0, 0.1) is 0 Å². The third kappa shape index (κ3) is 2.65. The van der Waals surface area contributed by atoms with Gasteiger partial charge in [0, 0.05) is 12.5 Å². The zero-order valence-corrected chi connectivity index (χ0v) is 13.7. The Labute approximate surface area is 145 Å². The topological polar surface area (TPSA) is 66.8 Å². The van der Waals surface area contributed by atoms with Crippen LogP contribution in [0.15, 0.2) is 48.5 Å². The maximum atomic E-state index is 12.4. The molecule has 1 N–H and O–H groups in total. The summed E-state index contributed by atoms with van der Waals surface area (Å²) in [6.07, 6.45) is 0.646. The average molecular weight is 343 g/mol. The molecular formula is C20H19NO4. The van der Waals surface area contributed by atoms with Crippen LogP contribution < -0.4 is 0 Å². The number of carbonyl (C=O) groups excluding carboxylic acids is 1. The van der Waals surface area contributed by atoms with E-state index in [1.807, 2.05) is 24.3 Å². The summed E-state index contributed by atoms with van der Waals surface area (Å²) in [4.78, 5) is 25.0. The molecule has 25 heavy (non-hydrogen) atoms. The van der Waals surface area contributed by atoms with Gasteiger partial charge in [0.05, 0.1) is 0 Å². The number of nitrogens with zero attached hydrogens (tertiary/aromatic N) is 1. The smallest absolute Gasteiger partial charge is 0.410 e. The molecule has 5 heteroatoms. The Bertz CT molecular complexity index is 786. The molecule has 0 spiro atoms. The van der Waals surface area contributed by atoms with Crippen molar-refractivity contribution in [3.63, 3.8) is 0 Å². The average Bonchev–Trinajstić information content (AvgIpc) is 3.23. The van der Waals surface area contributed by atoms with Crippen LogP contribution in [-0.2, 0) is 9.53 Å². The van der Waals surface area contributed by atoms with Gasteiger partial charge in [0.1, 0.15) is 12.6 Å². The molecule has 4 rings (SSSR count). The fourth-order valence-electron chi connectivity index (χ4n) is 3.92. The van der Waals surface area contributed by atoms with Gasteiger partial charge < -0.3 is 9.84 Å². The summed E-state index contributed by atoms with van der Waals surface area (Å²) in [6.45, 7) is 0.656. The quantitative estimate of drug-likeness (QED) is 0.684. The fourth-order valence-corrected chi connectivity index (χ4v) is 3.92. The fraction of sp³-hybridized carbons (Fsp3) is 0.300. The van der Waals surface area contributed by atoms with E-state index in [1.54, 1.807) is 0 Å². The van der Waals surface area contributed by atoms with E-state index in [0.717, 1.165) is 11.1 Å². The zero-order valence-electron chi connectivity index (χ0n) is 13.7. The number of hydrogen-bond acceptors (Lipinski definition) is 3.